The molecule has 0 aromatic heterocycles. The van der Waals surface area contributed by atoms with E-state index in [0.717, 1.165) is 0 Å². The third-order valence-corrected chi connectivity index (χ3v) is 5.60. The van der Waals surface area contributed by atoms with Gasteiger partial charge < -0.3 is 33.3 Å². The Morgan fingerprint density at radius 3 is 1.79 bits per heavy atom. The lowest BCUT2D eigenvalue weighted by molar-refractivity contribution is -0.0226. The van der Waals surface area contributed by atoms with Crippen LogP contribution in [0.2, 0.25) is 0 Å². The van der Waals surface area contributed by atoms with Crippen LogP contribution < -0.4 is 18.9 Å². The molecular formula is C23H31O10P. The number of ether oxygens (including phenoxy) is 6. The van der Waals surface area contributed by atoms with Gasteiger partial charge in [0.25, 0.3) is 0 Å². The van der Waals surface area contributed by atoms with Gasteiger partial charge in [0.2, 0.25) is 0 Å². The van der Waals surface area contributed by atoms with Crippen LogP contribution in [0.3, 0.4) is 0 Å². The zero-order chi connectivity index (χ0) is 24.1. The van der Waals surface area contributed by atoms with Gasteiger partial charge in [0, 0.05) is 0 Å². The van der Waals surface area contributed by atoms with Crippen molar-refractivity contribution >= 4 is 7.82 Å². The Morgan fingerprint density at radius 2 is 1.29 bits per heavy atom. The van der Waals surface area contributed by atoms with E-state index in [4.69, 9.17) is 32.9 Å². The minimum Gasteiger partial charge on any atom is -0.487 e. The van der Waals surface area contributed by atoms with E-state index in [9.17, 15) is 9.46 Å². The molecule has 2 aromatic carbocycles. The molecule has 0 aliphatic carbocycles. The highest BCUT2D eigenvalue weighted by Crippen LogP contribution is 2.42. The second kappa shape index (κ2) is 14.2. The maximum absolute atomic E-state index is 11.7. The molecule has 188 valence electrons. The largest absolute Gasteiger partial charge is 0.487 e. The van der Waals surface area contributed by atoms with Gasteiger partial charge in [-0.05, 0) is 31.2 Å². The second-order valence-electron chi connectivity index (χ2n) is 7.04. The molecule has 1 aliphatic heterocycles. The Bertz CT molecular complexity index is 853. The summed E-state index contributed by atoms with van der Waals surface area (Å²) in [4.78, 5) is 9.54. The van der Waals surface area contributed by atoms with Crippen LogP contribution in [0, 0.1) is 0 Å². The number of phosphoric ester groups is 1. The van der Waals surface area contributed by atoms with Crippen LogP contribution in [0.1, 0.15) is 6.92 Å². The van der Waals surface area contributed by atoms with Crippen molar-refractivity contribution in [2.24, 2.45) is 0 Å². The van der Waals surface area contributed by atoms with Crippen LogP contribution in [0.25, 0.3) is 0 Å². The van der Waals surface area contributed by atoms with Crippen LogP contribution in [0.5, 0.6) is 23.0 Å². The first-order chi connectivity index (χ1) is 16.6. The summed E-state index contributed by atoms with van der Waals surface area (Å²) >= 11 is 0. The predicted octanol–water partition coefficient (Wildman–Crippen LogP) is 3.47. The lowest BCUT2D eigenvalue weighted by atomic mass is 10.3. The summed E-state index contributed by atoms with van der Waals surface area (Å²) in [6, 6.07) is 14.6. The molecule has 0 spiro atoms. The fraction of sp³-hybridized carbons (Fsp3) is 0.478. The van der Waals surface area contributed by atoms with Crippen LogP contribution in [0.4, 0.5) is 0 Å². The molecule has 1 aliphatic rings. The van der Waals surface area contributed by atoms with E-state index in [-0.39, 0.29) is 33.0 Å². The van der Waals surface area contributed by atoms with Gasteiger partial charge in [-0.1, -0.05) is 24.3 Å². The molecule has 1 atom stereocenters. The van der Waals surface area contributed by atoms with Gasteiger partial charge in [0.15, 0.2) is 23.0 Å². The quantitative estimate of drug-likeness (QED) is 0.450. The van der Waals surface area contributed by atoms with Gasteiger partial charge in [-0.15, -0.1) is 0 Å². The van der Waals surface area contributed by atoms with Gasteiger partial charge in [-0.3, -0.25) is 9.05 Å². The van der Waals surface area contributed by atoms with Crippen LogP contribution in [-0.2, 0) is 23.1 Å². The standard InChI is InChI=1S/C23H31O10P/c1-2-32-34(24,25)33-16-15-27-19-17-30-22-9-5-3-7-20(22)28-13-11-26-12-14-29-21-8-4-6-10-23(21)31-18-19/h3-10,19H,2,11-18H2,1H3,(H,24,25). The van der Waals surface area contributed by atoms with E-state index < -0.39 is 13.9 Å². The summed E-state index contributed by atoms with van der Waals surface area (Å²) in [5.74, 6) is 2.28. The fourth-order valence-electron chi connectivity index (χ4n) is 2.98. The van der Waals surface area contributed by atoms with Gasteiger partial charge in [-0.2, -0.15) is 0 Å². The molecule has 1 unspecified atom stereocenters. The zero-order valence-corrected chi connectivity index (χ0v) is 20.0. The molecule has 0 bridgehead atoms. The Kier molecular flexibility index (Phi) is 10.9. The Balaban J connectivity index is 1.66. The first-order valence-corrected chi connectivity index (χ1v) is 12.6. The number of hydrogen-bond acceptors (Lipinski definition) is 9. The number of rotatable bonds is 7. The van der Waals surface area contributed by atoms with Crippen molar-refractivity contribution < 1.29 is 46.9 Å². The molecule has 1 heterocycles. The molecule has 11 heteroatoms. The van der Waals surface area contributed by atoms with Crippen molar-refractivity contribution in [2.45, 2.75) is 13.0 Å². The van der Waals surface area contributed by atoms with Crippen molar-refractivity contribution in [1.82, 2.24) is 0 Å². The third-order valence-electron chi connectivity index (χ3n) is 4.50. The molecule has 0 amide bonds. The highest BCUT2D eigenvalue weighted by Gasteiger charge is 2.21. The number of benzene rings is 2. The molecule has 0 radical (unpaired) electrons. The van der Waals surface area contributed by atoms with E-state index in [0.29, 0.717) is 49.4 Å². The lowest BCUT2D eigenvalue weighted by Crippen LogP contribution is -2.30. The zero-order valence-electron chi connectivity index (χ0n) is 19.1. The maximum Gasteiger partial charge on any atom is 0.472 e. The molecule has 34 heavy (non-hydrogen) atoms. The molecule has 0 saturated carbocycles. The Hall–Kier alpha value is -2.33. The topological polar surface area (TPSA) is 111 Å². The molecule has 0 fully saturated rings. The van der Waals surface area contributed by atoms with E-state index in [2.05, 4.69) is 4.52 Å². The minimum absolute atomic E-state index is 0.0304. The number of fused-ring (bicyclic) bond motifs is 2. The van der Waals surface area contributed by atoms with Crippen LogP contribution in [-0.4, -0.2) is 70.5 Å². The van der Waals surface area contributed by atoms with Gasteiger partial charge >= 0.3 is 7.82 Å². The monoisotopic (exact) mass is 498 g/mol. The summed E-state index contributed by atoms with van der Waals surface area (Å²) in [5, 5.41) is 0. The smallest absolute Gasteiger partial charge is 0.472 e. The summed E-state index contributed by atoms with van der Waals surface area (Å²) < 4.78 is 56.1. The molecule has 3 rings (SSSR count). The van der Waals surface area contributed by atoms with Gasteiger partial charge in [0.1, 0.15) is 32.5 Å². The van der Waals surface area contributed by atoms with Crippen molar-refractivity contribution in [3.05, 3.63) is 48.5 Å². The minimum atomic E-state index is -4.09. The maximum atomic E-state index is 11.7. The van der Waals surface area contributed by atoms with Gasteiger partial charge in [0.05, 0.1) is 33.0 Å². The average Bonchev–Trinajstić information content (AvgIpc) is 2.83. The summed E-state index contributed by atoms with van der Waals surface area (Å²) in [5.41, 5.74) is 0. The SMILES string of the molecule is CCOP(=O)(O)OCCOC1COc2ccccc2OCCOCCOc2ccccc2OC1. The van der Waals surface area contributed by atoms with E-state index in [1.807, 2.05) is 36.4 Å². The predicted molar refractivity (Wildman–Crippen MR) is 123 cm³/mol. The number of para-hydroxylation sites is 4. The Labute approximate surface area is 199 Å². The van der Waals surface area contributed by atoms with Crippen molar-refractivity contribution in [2.75, 3.05) is 59.5 Å². The highest BCUT2D eigenvalue weighted by molar-refractivity contribution is 7.47. The van der Waals surface area contributed by atoms with E-state index in [1.165, 1.54) is 0 Å². The molecule has 1 N–H and O–H groups in total. The van der Waals surface area contributed by atoms with Crippen molar-refractivity contribution in [3.8, 4) is 23.0 Å². The normalized spacial score (nSPS) is 17.6. The van der Waals surface area contributed by atoms with E-state index >= 15 is 0 Å². The highest BCUT2D eigenvalue weighted by atomic mass is 31.2. The first kappa shape index (κ1) is 26.3. The van der Waals surface area contributed by atoms with Crippen molar-refractivity contribution in [3.63, 3.8) is 0 Å². The van der Waals surface area contributed by atoms with E-state index in [1.54, 1.807) is 19.1 Å². The van der Waals surface area contributed by atoms with Crippen LogP contribution >= 0.6 is 7.82 Å². The molecular weight excluding hydrogens is 467 g/mol. The molecule has 0 saturated heterocycles. The summed E-state index contributed by atoms with van der Waals surface area (Å²) in [7, 11) is -4.09. The fourth-order valence-corrected chi connectivity index (χ4v) is 3.68. The second-order valence-corrected chi connectivity index (χ2v) is 8.49. The first-order valence-electron chi connectivity index (χ1n) is 11.1. The number of phosphoric acid groups is 1. The molecule has 2 aromatic rings. The summed E-state index contributed by atoms with van der Waals surface area (Å²) in [6.07, 6.45) is -0.522. The Morgan fingerprint density at radius 1 is 0.794 bits per heavy atom. The van der Waals surface area contributed by atoms with Gasteiger partial charge in [-0.25, -0.2) is 4.57 Å². The average molecular weight is 498 g/mol. The molecule has 10 nitrogen and oxygen atoms in total. The number of hydrogen-bond donors (Lipinski definition) is 1. The van der Waals surface area contributed by atoms with Crippen LogP contribution in [0.15, 0.2) is 48.5 Å². The summed E-state index contributed by atoms with van der Waals surface area (Å²) in [6.45, 7) is 3.36. The lowest BCUT2D eigenvalue weighted by Gasteiger charge is -2.21. The van der Waals surface area contributed by atoms with Crippen molar-refractivity contribution in [1.29, 1.82) is 0 Å². The third kappa shape index (κ3) is 9.13.